The van der Waals surface area contributed by atoms with Gasteiger partial charge in [0.2, 0.25) is 0 Å². The molecule has 0 radical (unpaired) electrons. The molecule has 1 heterocycles. The third kappa shape index (κ3) is 4.32. The first-order valence-corrected chi connectivity index (χ1v) is 8.74. The van der Waals surface area contributed by atoms with Gasteiger partial charge in [-0.3, -0.25) is 10.1 Å². The number of nitro groups is 1. The molecule has 3 rings (SSSR count). The van der Waals surface area contributed by atoms with Crippen molar-refractivity contribution >= 4 is 17.7 Å². The summed E-state index contributed by atoms with van der Waals surface area (Å²) in [5.74, 6) is -0.485. The lowest BCUT2D eigenvalue weighted by Crippen LogP contribution is -2.05. The Bertz CT molecular complexity index is 1090. The Labute approximate surface area is 167 Å². The summed E-state index contributed by atoms with van der Waals surface area (Å²) < 4.78 is 12.1. The maximum atomic E-state index is 12.3. The van der Waals surface area contributed by atoms with E-state index in [1.165, 1.54) is 25.3 Å². The zero-order chi connectivity index (χ0) is 21.0. The molecule has 0 aliphatic rings. The minimum atomic E-state index is -0.685. The fourth-order valence-electron chi connectivity index (χ4n) is 2.87. The molecular weight excluding hydrogens is 374 g/mol. The molecule has 8 nitrogen and oxygen atoms in total. The number of esters is 1. The van der Waals surface area contributed by atoms with E-state index in [1.807, 2.05) is 44.2 Å². The van der Waals surface area contributed by atoms with Crippen LogP contribution in [0.5, 0.6) is 11.5 Å². The van der Waals surface area contributed by atoms with Crippen LogP contribution < -0.4 is 9.47 Å². The van der Waals surface area contributed by atoms with Gasteiger partial charge in [-0.1, -0.05) is 18.2 Å². The van der Waals surface area contributed by atoms with Crippen molar-refractivity contribution in [2.24, 2.45) is 0 Å². The van der Waals surface area contributed by atoms with E-state index in [0.29, 0.717) is 0 Å². The number of ether oxygens (including phenoxy) is 2. The molecule has 0 spiro atoms. The fraction of sp³-hybridized carbons (Fsp3) is 0.143. The normalized spacial score (nSPS) is 10.9. The number of nitrogens with zero attached hydrogens (tertiary/aromatic N) is 3. The molecule has 0 fully saturated rings. The molecule has 2 aromatic carbocycles. The van der Waals surface area contributed by atoms with Crippen LogP contribution in [0.1, 0.15) is 17.0 Å². The monoisotopic (exact) mass is 393 g/mol. The highest BCUT2D eigenvalue weighted by molar-refractivity contribution is 5.89. The maximum absolute atomic E-state index is 12.3. The lowest BCUT2D eigenvalue weighted by Gasteiger charge is -2.07. The summed E-state index contributed by atoms with van der Waals surface area (Å²) in [5, 5.41) is 15.5. The van der Waals surface area contributed by atoms with Gasteiger partial charge in [0.15, 0.2) is 11.5 Å². The highest BCUT2D eigenvalue weighted by atomic mass is 16.6. The molecule has 0 saturated heterocycles. The van der Waals surface area contributed by atoms with Crippen molar-refractivity contribution in [2.75, 3.05) is 7.11 Å². The van der Waals surface area contributed by atoms with Crippen LogP contribution in [-0.4, -0.2) is 27.8 Å². The Balaban J connectivity index is 1.83. The second-order valence-electron chi connectivity index (χ2n) is 6.18. The van der Waals surface area contributed by atoms with Crippen LogP contribution in [0, 0.1) is 24.0 Å². The Morgan fingerprint density at radius 3 is 2.52 bits per heavy atom. The Morgan fingerprint density at radius 1 is 1.14 bits per heavy atom. The smallest absolute Gasteiger partial charge is 0.336 e. The van der Waals surface area contributed by atoms with Gasteiger partial charge in [-0.05, 0) is 38.1 Å². The summed E-state index contributed by atoms with van der Waals surface area (Å²) in [6, 6.07) is 13.4. The van der Waals surface area contributed by atoms with E-state index in [1.54, 1.807) is 10.8 Å². The molecule has 0 unspecified atom stereocenters. The molecule has 29 heavy (non-hydrogen) atoms. The SMILES string of the molecule is COc1ccc([N+](=O)[O-])cc1OC(=O)/C=C/c1c(C)nn(-c2ccccc2)c1C. The van der Waals surface area contributed by atoms with Crippen molar-refractivity contribution in [2.45, 2.75) is 13.8 Å². The molecule has 0 N–H and O–H groups in total. The second kappa shape index (κ2) is 8.39. The molecule has 0 bridgehead atoms. The number of carbonyl (C=O) groups excluding carboxylic acids is 1. The van der Waals surface area contributed by atoms with Crippen LogP contribution in [-0.2, 0) is 4.79 Å². The van der Waals surface area contributed by atoms with Gasteiger partial charge >= 0.3 is 5.97 Å². The van der Waals surface area contributed by atoms with E-state index in [9.17, 15) is 14.9 Å². The number of benzene rings is 2. The zero-order valence-electron chi connectivity index (χ0n) is 16.2. The molecule has 148 valence electrons. The van der Waals surface area contributed by atoms with Crippen LogP contribution >= 0.6 is 0 Å². The zero-order valence-corrected chi connectivity index (χ0v) is 16.2. The number of rotatable bonds is 6. The molecule has 8 heteroatoms. The lowest BCUT2D eigenvalue weighted by molar-refractivity contribution is -0.384. The van der Waals surface area contributed by atoms with Crippen molar-refractivity contribution in [3.8, 4) is 17.2 Å². The maximum Gasteiger partial charge on any atom is 0.336 e. The third-order valence-electron chi connectivity index (χ3n) is 4.30. The lowest BCUT2D eigenvalue weighted by atomic mass is 10.2. The summed E-state index contributed by atoms with van der Waals surface area (Å²) >= 11 is 0. The number of para-hydroxylation sites is 1. The van der Waals surface area contributed by atoms with Crippen LogP contribution in [0.3, 0.4) is 0 Å². The van der Waals surface area contributed by atoms with E-state index in [4.69, 9.17) is 9.47 Å². The average Bonchev–Trinajstić information content (AvgIpc) is 3.00. The number of nitro benzene ring substituents is 1. The van der Waals surface area contributed by atoms with E-state index in [2.05, 4.69) is 5.10 Å². The second-order valence-corrected chi connectivity index (χ2v) is 6.18. The van der Waals surface area contributed by atoms with Crippen molar-refractivity contribution in [1.82, 2.24) is 9.78 Å². The Kier molecular flexibility index (Phi) is 5.73. The van der Waals surface area contributed by atoms with Gasteiger partial charge in [-0.2, -0.15) is 5.10 Å². The van der Waals surface area contributed by atoms with Crippen LogP contribution in [0.25, 0.3) is 11.8 Å². The molecule has 0 aliphatic carbocycles. The number of carbonyl (C=O) groups is 1. The number of hydrogen-bond donors (Lipinski definition) is 0. The van der Waals surface area contributed by atoms with Crippen LogP contribution in [0.2, 0.25) is 0 Å². The number of hydrogen-bond acceptors (Lipinski definition) is 6. The van der Waals surface area contributed by atoms with E-state index in [0.717, 1.165) is 28.7 Å². The van der Waals surface area contributed by atoms with E-state index in [-0.39, 0.29) is 17.2 Å². The molecule has 1 aromatic heterocycles. The van der Waals surface area contributed by atoms with E-state index < -0.39 is 10.9 Å². The van der Waals surface area contributed by atoms with Gasteiger partial charge in [0, 0.05) is 23.4 Å². The summed E-state index contributed by atoms with van der Waals surface area (Å²) in [5.41, 5.74) is 3.12. The van der Waals surface area contributed by atoms with Crippen molar-refractivity contribution < 1.29 is 19.2 Å². The quantitative estimate of drug-likeness (QED) is 0.206. The first kappa shape index (κ1) is 19.8. The third-order valence-corrected chi connectivity index (χ3v) is 4.30. The highest BCUT2D eigenvalue weighted by Gasteiger charge is 2.15. The van der Waals surface area contributed by atoms with Crippen molar-refractivity contribution in [3.63, 3.8) is 0 Å². The van der Waals surface area contributed by atoms with Crippen molar-refractivity contribution in [1.29, 1.82) is 0 Å². The van der Waals surface area contributed by atoms with Gasteiger partial charge in [-0.15, -0.1) is 0 Å². The standard InChI is InChI=1S/C21H19N3O5/c1-14-18(15(2)23(22-14)16-7-5-4-6-8-16)10-12-21(25)29-20-13-17(24(26)27)9-11-19(20)28-3/h4-13H,1-3H3/b12-10+. The largest absolute Gasteiger partial charge is 0.493 e. The molecule has 0 saturated carbocycles. The van der Waals surface area contributed by atoms with Crippen LogP contribution in [0.15, 0.2) is 54.6 Å². The molecule has 0 amide bonds. The Hall–Kier alpha value is -3.94. The average molecular weight is 393 g/mol. The topological polar surface area (TPSA) is 96.5 Å². The molecule has 3 aromatic rings. The first-order valence-electron chi connectivity index (χ1n) is 8.74. The van der Waals surface area contributed by atoms with Gasteiger partial charge in [-0.25, -0.2) is 9.48 Å². The number of aromatic nitrogens is 2. The highest BCUT2D eigenvalue weighted by Crippen LogP contribution is 2.31. The van der Waals surface area contributed by atoms with Gasteiger partial charge in [0.25, 0.3) is 5.69 Å². The fourth-order valence-corrected chi connectivity index (χ4v) is 2.87. The number of aryl methyl sites for hydroxylation is 1. The predicted octanol–water partition coefficient (Wildman–Crippen LogP) is 4.02. The Morgan fingerprint density at radius 2 is 1.86 bits per heavy atom. The first-order chi connectivity index (χ1) is 13.9. The predicted molar refractivity (Wildman–Crippen MR) is 107 cm³/mol. The minimum absolute atomic E-state index is 0.0234. The molecule has 0 aliphatic heterocycles. The summed E-state index contributed by atoms with van der Waals surface area (Å²) in [7, 11) is 1.39. The van der Waals surface area contributed by atoms with Crippen molar-refractivity contribution in [3.05, 3.63) is 81.7 Å². The summed E-state index contributed by atoms with van der Waals surface area (Å²) in [4.78, 5) is 22.6. The molecular formula is C21H19N3O5. The number of methoxy groups -OCH3 is 1. The van der Waals surface area contributed by atoms with Gasteiger partial charge < -0.3 is 9.47 Å². The molecule has 0 atom stereocenters. The number of non-ortho nitro benzene ring substituents is 1. The van der Waals surface area contributed by atoms with E-state index >= 15 is 0 Å². The minimum Gasteiger partial charge on any atom is -0.493 e. The summed E-state index contributed by atoms with van der Waals surface area (Å²) in [6.45, 7) is 3.75. The van der Waals surface area contributed by atoms with Gasteiger partial charge in [0.1, 0.15) is 0 Å². The van der Waals surface area contributed by atoms with Gasteiger partial charge in [0.05, 0.1) is 29.5 Å². The summed E-state index contributed by atoms with van der Waals surface area (Å²) in [6.07, 6.45) is 2.87. The van der Waals surface area contributed by atoms with Crippen LogP contribution in [0.4, 0.5) is 5.69 Å².